The Morgan fingerprint density at radius 1 is 1.08 bits per heavy atom. The van der Waals surface area contributed by atoms with Crippen LogP contribution in [0.3, 0.4) is 0 Å². The Balaban J connectivity index is 1.11. The topological polar surface area (TPSA) is 101 Å². The van der Waals surface area contributed by atoms with Crippen molar-refractivity contribution in [3.05, 3.63) is 70.4 Å². The highest BCUT2D eigenvalue weighted by Gasteiger charge is 2.35. The van der Waals surface area contributed by atoms with Crippen LogP contribution in [0.2, 0.25) is 5.02 Å². The molecule has 1 amide bonds. The summed E-state index contributed by atoms with van der Waals surface area (Å²) in [4.78, 5) is 40.0. The van der Waals surface area contributed by atoms with Gasteiger partial charge in [0.05, 0.1) is 55.1 Å². The van der Waals surface area contributed by atoms with Crippen molar-refractivity contribution in [2.45, 2.75) is 38.0 Å². The van der Waals surface area contributed by atoms with Crippen LogP contribution >= 0.6 is 11.6 Å². The van der Waals surface area contributed by atoms with Gasteiger partial charge in [-0.1, -0.05) is 29.8 Å². The standard InChI is InChI=1S/C35H41ClN8O4/c1-37-21-26-23-43(12-13-44(26)32(45)6-3-10-41-14-16-46-17-15-41)34-28-9-11-42(31-22-38-20-25-4-2-5-29(36)33(25)31)24-30(28)39-35(40-34)48-19-18-47-27-7-8-27/h2-6,20,22,26-27H,7-19,21,23-24H2/b6-3+/t26-/m0/s1. The molecule has 0 spiro atoms. The molecule has 252 valence electrons. The molecule has 0 N–H and O–H groups in total. The summed E-state index contributed by atoms with van der Waals surface area (Å²) in [5.41, 5.74) is 2.92. The van der Waals surface area contributed by atoms with Crippen LogP contribution in [0.15, 0.2) is 42.7 Å². The molecule has 3 fully saturated rings. The summed E-state index contributed by atoms with van der Waals surface area (Å²) in [5, 5.41) is 2.65. The van der Waals surface area contributed by atoms with Crippen LogP contribution in [0.5, 0.6) is 6.01 Å². The molecule has 4 aliphatic rings. The number of carbonyl (C=O) groups excluding carboxylic acids is 1. The molecule has 1 saturated carbocycles. The largest absolute Gasteiger partial charge is 0.461 e. The summed E-state index contributed by atoms with van der Waals surface area (Å²) < 4.78 is 17.3. The Kier molecular flexibility index (Phi) is 10.2. The molecule has 13 heteroatoms. The predicted octanol–water partition coefficient (Wildman–Crippen LogP) is 3.62. The predicted molar refractivity (Wildman–Crippen MR) is 184 cm³/mol. The van der Waals surface area contributed by atoms with Crippen LogP contribution in [-0.4, -0.2) is 122 Å². The molecule has 7 rings (SSSR count). The number of carbonyl (C=O) groups is 1. The van der Waals surface area contributed by atoms with Gasteiger partial charge in [-0.25, -0.2) is 6.57 Å². The van der Waals surface area contributed by atoms with Crippen molar-refractivity contribution in [2.75, 3.05) is 88.6 Å². The fourth-order valence-corrected chi connectivity index (χ4v) is 6.97. The van der Waals surface area contributed by atoms with Gasteiger partial charge < -0.3 is 33.8 Å². The van der Waals surface area contributed by atoms with Gasteiger partial charge in [0.25, 0.3) is 0 Å². The van der Waals surface area contributed by atoms with E-state index in [0.717, 1.165) is 79.2 Å². The number of piperazine rings is 1. The van der Waals surface area contributed by atoms with Gasteiger partial charge in [0, 0.05) is 74.4 Å². The molecule has 2 saturated heterocycles. The van der Waals surface area contributed by atoms with E-state index in [2.05, 4.69) is 24.5 Å². The molecule has 0 unspecified atom stereocenters. The Hall–Kier alpha value is -4.02. The average molecular weight is 673 g/mol. The van der Waals surface area contributed by atoms with Gasteiger partial charge >= 0.3 is 6.01 Å². The molecule has 1 aromatic carbocycles. The van der Waals surface area contributed by atoms with E-state index in [4.69, 9.17) is 42.4 Å². The molecule has 48 heavy (non-hydrogen) atoms. The minimum Gasteiger partial charge on any atom is -0.461 e. The number of benzene rings is 1. The van der Waals surface area contributed by atoms with Crippen LogP contribution in [0, 0.1) is 6.57 Å². The van der Waals surface area contributed by atoms with Crippen molar-refractivity contribution < 1.29 is 19.0 Å². The molecule has 3 aliphatic heterocycles. The number of rotatable bonds is 11. The van der Waals surface area contributed by atoms with Gasteiger partial charge in [-0.3, -0.25) is 14.7 Å². The summed E-state index contributed by atoms with van der Waals surface area (Å²) >= 11 is 6.69. The first-order valence-corrected chi connectivity index (χ1v) is 17.2. The minimum absolute atomic E-state index is 0.0565. The van der Waals surface area contributed by atoms with Crippen molar-refractivity contribution in [3.63, 3.8) is 0 Å². The Morgan fingerprint density at radius 2 is 1.96 bits per heavy atom. The number of nitrogens with zero attached hydrogens (tertiary/aromatic N) is 8. The van der Waals surface area contributed by atoms with Crippen molar-refractivity contribution in [1.82, 2.24) is 24.8 Å². The normalized spacial score (nSPS) is 20.2. The van der Waals surface area contributed by atoms with Crippen molar-refractivity contribution in [3.8, 4) is 6.01 Å². The van der Waals surface area contributed by atoms with E-state index in [-0.39, 0.29) is 18.5 Å². The Morgan fingerprint density at radius 3 is 2.79 bits per heavy atom. The molecular weight excluding hydrogens is 632 g/mol. The summed E-state index contributed by atoms with van der Waals surface area (Å²) in [6, 6.07) is 5.92. The highest BCUT2D eigenvalue weighted by Crippen LogP contribution is 2.36. The zero-order valence-corrected chi connectivity index (χ0v) is 27.9. The molecule has 5 heterocycles. The van der Waals surface area contributed by atoms with E-state index < -0.39 is 0 Å². The molecule has 0 bridgehead atoms. The lowest BCUT2D eigenvalue weighted by Gasteiger charge is -2.41. The fraction of sp³-hybridized carbons (Fsp3) is 0.514. The Bertz CT molecular complexity index is 1680. The molecule has 2 aromatic heterocycles. The number of ether oxygens (including phenoxy) is 3. The van der Waals surface area contributed by atoms with Crippen LogP contribution < -0.4 is 14.5 Å². The highest BCUT2D eigenvalue weighted by atomic mass is 35.5. The zero-order chi connectivity index (χ0) is 32.9. The summed E-state index contributed by atoms with van der Waals surface area (Å²) in [6.45, 7) is 15.5. The van der Waals surface area contributed by atoms with Crippen LogP contribution in [0.1, 0.15) is 24.1 Å². The molecule has 1 atom stereocenters. The number of amides is 1. The van der Waals surface area contributed by atoms with Gasteiger partial charge in [0.1, 0.15) is 18.5 Å². The zero-order valence-electron chi connectivity index (χ0n) is 27.1. The third-order valence-electron chi connectivity index (χ3n) is 9.36. The lowest BCUT2D eigenvalue weighted by Crippen LogP contribution is -2.56. The van der Waals surface area contributed by atoms with E-state index in [1.165, 1.54) is 0 Å². The van der Waals surface area contributed by atoms with E-state index in [1.54, 1.807) is 6.08 Å². The average Bonchev–Trinajstić information content (AvgIpc) is 3.95. The summed E-state index contributed by atoms with van der Waals surface area (Å²) in [7, 11) is 0. The van der Waals surface area contributed by atoms with E-state index in [1.807, 2.05) is 41.6 Å². The first kappa shape index (κ1) is 32.5. The number of pyridine rings is 1. The fourth-order valence-electron chi connectivity index (χ4n) is 6.70. The molecule has 0 radical (unpaired) electrons. The molecular formula is C35H41ClN8O4. The molecule has 1 aliphatic carbocycles. The van der Waals surface area contributed by atoms with Crippen LogP contribution in [0.4, 0.5) is 11.5 Å². The SMILES string of the molecule is [C-]#[N+]C[C@H]1CN(c2nc(OCCOC3CC3)nc3c2CCN(c2cncc4cccc(Cl)c24)C3)CCN1C(=O)/C=C/CN1CCOCC1. The van der Waals surface area contributed by atoms with Crippen molar-refractivity contribution >= 4 is 39.8 Å². The highest BCUT2D eigenvalue weighted by molar-refractivity contribution is 6.36. The smallest absolute Gasteiger partial charge is 0.318 e. The van der Waals surface area contributed by atoms with E-state index in [9.17, 15) is 4.79 Å². The number of morpholine rings is 1. The van der Waals surface area contributed by atoms with Gasteiger partial charge in [0.2, 0.25) is 12.5 Å². The second kappa shape index (κ2) is 15.0. The van der Waals surface area contributed by atoms with Gasteiger partial charge in [0.15, 0.2) is 0 Å². The molecule has 12 nitrogen and oxygen atoms in total. The maximum Gasteiger partial charge on any atom is 0.318 e. The number of anilines is 2. The number of aromatic nitrogens is 3. The number of fused-ring (bicyclic) bond motifs is 2. The lowest BCUT2D eigenvalue weighted by molar-refractivity contribution is -0.128. The van der Waals surface area contributed by atoms with E-state index >= 15 is 0 Å². The monoisotopic (exact) mass is 672 g/mol. The molecule has 3 aromatic rings. The van der Waals surface area contributed by atoms with Crippen LogP contribution in [0.25, 0.3) is 15.6 Å². The van der Waals surface area contributed by atoms with Gasteiger partial charge in [-0.15, -0.1) is 0 Å². The van der Waals surface area contributed by atoms with Gasteiger partial charge in [-0.2, -0.15) is 9.97 Å². The Labute approximate surface area is 286 Å². The maximum absolute atomic E-state index is 13.3. The second-order valence-electron chi connectivity index (χ2n) is 12.6. The number of hydrogen-bond donors (Lipinski definition) is 0. The lowest BCUT2D eigenvalue weighted by atomic mass is 10.0. The first-order valence-electron chi connectivity index (χ1n) is 16.8. The number of hydrogen-bond acceptors (Lipinski definition) is 10. The minimum atomic E-state index is -0.261. The third kappa shape index (κ3) is 7.50. The maximum atomic E-state index is 13.3. The summed E-state index contributed by atoms with van der Waals surface area (Å²) in [5.74, 6) is 0.760. The van der Waals surface area contributed by atoms with Crippen molar-refractivity contribution in [2.24, 2.45) is 0 Å². The summed E-state index contributed by atoms with van der Waals surface area (Å²) in [6.07, 6.45) is 10.6. The van der Waals surface area contributed by atoms with Crippen molar-refractivity contribution in [1.29, 1.82) is 0 Å². The first-order chi connectivity index (χ1) is 23.6. The van der Waals surface area contributed by atoms with Crippen LogP contribution in [-0.2, 0) is 27.2 Å². The van der Waals surface area contributed by atoms with Gasteiger partial charge in [-0.05, 0) is 25.3 Å². The van der Waals surface area contributed by atoms with E-state index in [0.29, 0.717) is 69.5 Å². The quantitative estimate of drug-likeness (QED) is 0.171. The third-order valence-corrected chi connectivity index (χ3v) is 9.68. The number of halogens is 1. The second-order valence-corrected chi connectivity index (χ2v) is 13.0.